The molecule has 88 valence electrons. The molecule has 0 fully saturated rings. The average Bonchev–Trinajstić information content (AvgIpc) is 2.15. The standard InChI is InChI=1S/C11H12Cl2O3/c1-7(2)16-10(14)6-15-11-8(12)4-3-5-9(11)13/h3-5,7H,6H2,1-2H3. The van der Waals surface area contributed by atoms with Crippen LogP contribution in [0.3, 0.4) is 0 Å². The van der Waals surface area contributed by atoms with Crippen molar-refractivity contribution >= 4 is 29.2 Å². The lowest BCUT2D eigenvalue weighted by Gasteiger charge is -2.11. The summed E-state index contributed by atoms with van der Waals surface area (Å²) in [6.45, 7) is 3.32. The summed E-state index contributed by atoms with van der Waals surface area (Å²) in [7, 11) is 0. The molecular weight excluding hydrogens is 251 g/mol. The molecule has 3 nitrogen and oxygen atoms in total. The molecule has 1 aromatic rings. The molecule has 0 unspecified atom stereocenters. The van der Waals surface area contributed by atoms with E-state index in [1.807, 2.05) is 0 Å². The lowest BCUT2D eigenvalue weighted by Crippen LogP contribution is -2.18. The Morgan fingerprint density at radius 1 is 1.31 bits per heavy atom. The maximum atomic E-state index is 11.2. The molecule has 0 amide bonds. The zero-order valence-electron chi connectivity index (χ0n) is 9.00. The van der Waals surface area contributed by atoms with Crippen LogP contribution in [0.2, 0.25) is 10.0 Å². The van der Waals surface area contributed by atoms with Crippen LogP contribution in [0.1, 0.15) is 13.8 Å². The van der Waals surface area contributed by atoms with Crippen molar-refractivity contribution in [2.24, 2.45) is 0 Å². The molecule has 0 saturated heterocycles. The highest BCUT2D eigenvalue weighted by molar-refractivity contribution is 6.37. The Kier molecular flexibility index (Phi) is 4.90. The van der Waals surface area contributed by atoms with E-state index in [4.69, 9.17) is 32.7 Å². The number of para-hydroxylation sites is 1. The fraction of sp³-hybridized carbons (Fsp3) is 0.364. The lowest BCUT2D eigenvalue weighted by molar-refractivity contribution is -0.149. The molecular formula is C11H12Cl2O3. The van der Waals surface area contributed by atoms with Crippen molar-refractivity contribution in [1.29, 1.82) is 0 Å². The largest absolute Gasteiger partial charge is 0.479 e. The van der Waals surface area contributed by atoms with Crippen molar-refractivity contribution in [2.45, 2.75) is 20.0 Å². The smallest absolute Gasteiger partial charge is 0.344 e. The summed E-state index contributed by atoms with van der Waals surface area (Å²) in [5, 5.41) is 0.731. The van der Waals surface area contributed by atoms with Gasteiger partial charge < -0.3 is 9.47 Å². The van der Waals surface area contributed by atoms with Crippen LogP contribution in [-0.4, -0.2) is 18.7 Å². The molecule has 0 bridgehead atoms. The van der Waals surface area contributed by atoms with Crippen LogP contribution in [0.5, 0.6) is 5.75 Å². The normalized spacial score (nSPS) is 10.3. The summed E-state index contributed by atoms with van der Waals surface area (Å²) in [5.41, 5.74) is 0. The Morgan fingerprint density at radius 2 is 1.88 bits per heavy atom. The van der Waals surface area contributed by atoms with Gasteiger partial charge in [0.15, 0.2) is 12.4 Å². The Bertz CT molecular complexity index is 357. The minimum absolute atomic E-state index is 0.169. The highest BCUT2D eigenvalue weighted by Crippen LogP contribution is 2.32. The fourth-order valence-electron chi connectivity index (χ4n) is 1.05. The van der Waals surface area contributed by atoms with Crippen molar-refractivity contribution in [3.63, 3.8) is 0 Å². The molecule has 0 saturated carbocycles. The van der Waals surface area contributed by atoms with Gasteiger partial charge in [0.05, 0.1) is 16.1 Å². The quantitative estimate of drug-likeness (QED) is 0.781. The van der Waals surface area contributed by atoms with Gasteiger partial charge in [0.1, 0.15) is 0 Å². The number of esters is 1. The molecule has 0 atom stereocenters. The molecule has 5 heteroatoms. The molecule has 1 rings (SSSR count). The summed E-state index contributed by atoms with van der Waals surface area (Å²) < 4.78 is 10.1. The number of hydrogen-bond acceptors (Lipinski definition) is 3. The molecule has 16 heavy (non-hydrogen) atoms. The molecule has 1 aromatic carbocycles. The van der Waals surface area contributed by atoms with Crippen LogP contribution < -0.4 is 4.74 Å². The van der Waals surface area contributed by atoms with E-state index in [1.165, 1.54) is 0 Å². The number of carbonyl (C=O) groups is 1. The van der Waals surface area contributed by atoms with Crippen molar-refractivity contribution in [3.05, 3.63) is 28.2 Å². The average molecular weight is 263 g/mol. The number of halogens is 2. The fourth-order valence-corrected chi connectivity index (χ4v) is 1.55. The first-order valence-electron chi connectivity index (χ1n) is 4.77. The van der Waals surface area contributed by atoms with Crippen LogP contribution >= 0.6 is 23.2 Å². The molecule has 0 aromatic heterocycles. The third kappa shape index (κ3) is 3.91. The third-order valence-corrected chi connectivity index (χ3v) is 2.22. The van der Waals surface area contributed by atoms with E-state index in [2.05, 4.69) is 0 Å². The van der Waals surface area contributed by atoms with E-state index >= 15 is 0 Å². The second-order valence-electron chi connectivity index (χ2n) is 3.38. The Morgan fingerprint density at radius 3 is 2.38 bits per heavy atom. The highest BCUT2D eigenvalue weighted by Gasteiger charge is 2.11. The van der Waals surface area contributed by atoms with Crippen molar-refractivity contribution in [1.82, 2.24) is 0 Å². The molecule has 0 aliphatic carbocycles. The van der Waals surface area contributed by atoms with Crippen LogP contribution in [0.25, 0.3) is 0 Å². The van der Waals surface area contributed by atoms with Crippen molar-refractivity contribution in [3.8, 4) is 5.75 Å². The summed E-state index contributed by atoms with van der Waals surface area (Å²) in [6.07, 6.45) is -0.169. The molecule has 0 spiro atoms. The molecule has 0 N–H and O–H groups in total. The van der Waals surface area contributed by atoms with Crippen LogP contribution in [-0.2, 0) is 9.53 Å². The zero-order chi connectivity index (χ0) is 12.1. The molecule has 0 radical (unpaired) electrons. The van der Waals surface area contributed by atoms with Gasteiger partial charge in [-0.3, -0.25) is 0 Å². The maximum absolute atomic E-state index is 11.2. The van der Waals surface area contributed by atoms with Crippen molar-refractivity contribution < 1.29 is 14.3 Å². The highest BCUT2D eigenvalue weighted by atomic mass is 35.5. The second kappa shape index (κ2) is 5.97. The third-order valence-electron chi connectivity index (χ3n) is 1.62. The van der Waals surface area contributed by atoms with Crippen LogP contribution in [0, 0.1) is 0 Å². The predicted octanol–water partition coefficient (Wildman–Crippen LogP) is 3.32. The zero-order valence-corrected chi connectivity index (χ0v) is 10.5. The number of hydrogen-bond donors (Lipinski definition) is 0. The minimum Gasteiger partial charge on any atom is -0.479 e. The van der Waals surface area contributed by atoms with Gasteiger partial charge >= 0.3 is 5.97 Å². The van der Waals surface area contributed by atoms with E-state index in [-0.39, 0.29) is 12.7 Å². The van der Waals surface area contributed by atoms with E-state index < -0.39 is 5.97 Å². The van der Waals surface area contributed by atoms with Gasteiger partial charge in [-0.1, -0.05) is 29.3 Å². The van der Waals surface area contributed by atoms with E-state index in [9.17, 15) is 4.79 Å². The molecule has 0 heterocycles. The summed E-state index contributed by atoms with van der Waals surface area (Å²) in [6, 6.07) is 4.97. The van der Waals surface area contributed by atoms with Gasteiger partial charge in [0, 0.05) is 0 Å². The van der Waals surface area contributed by atoms with Gasteiger partial charge in [-0.15, -0.1) is 0 Å². The number of benzene rings is 1. The van der Waals surface area contributed by atoms with Gasteiger partial charge in [-0.25, -0.2) is 4.79 Å². The SMILES string of the molecule is CC(C)OC(=O)COc1c(Cl)cccc1Cl. The Balaban J connectivity index is 2.58. The first-order chi connectivity index (χ1) is 7.50. The van der Waals surface area contributed by atoms with Gasteiger partial charge in [0.25, 0.3) is 0 Å². The summed E-state index contributed by atoms with van der Waals surface area (Å²) in [5.74, 6) is -0.155. The van der Waals surface area contributed by atoms with E-state index in [1.54, 1.807) is 32.0 Å². The summed E-state index contributed by atoms with van der Waals surface area (Å²) >= 11 is 11.7. The van der Waals surface area contributed by atoms with Crippen molar-refractivity contribution in [2.75, 3.05) is 6.61 Å². The van der Waals surface area contributed by atoms with E-state index in [0.717, 1.165) is 0 Å². The number of ether oxygens (including phenoxy) is 2. The maximum Gasteiger partial charge on any atom is 0.344 e. The topological polar surface area (TPSA) is 35.5 Å². The monoisotopic (exact) mass is 262 g/mol. The van der Waals surface area contributed by atoms with E-state index in [0.29, 0.717) is 15.8 Å². The number of rotatable bonds is 4. The Hall–Kier alpha value is -0.930. The minimum atomic E-state index is -0.453. The molecule has 0 aliphatic heterocycles. The molecule has 0 aliphatic rings. The van der Waals surface area contributed by atoms with Gasteiger partial charge in [-0.05, 0) is 26.0 Å². The first kappa shape index (κ1) is 13.1. The summed E-state index contributed by atoms with van der Waals surface area (Å²) in [4.78, 5) is 11.2. The lowest BCUT2D eigenvalue weighted by atomic mass is 10.3. The van der Waals surface area contributed by atoms with Gasteiger partial charge in [0.2, 0.25) is 0 Å². The van der Waals surface area contributed by atoms with Crippen LogP contribution in [0.15, 0.2) is 18.2 Å². The van der Waals surface area contributed by atoms with Crippen LogP contribution in [0.4, 0.5) is 0 Å². The predicted molar refractivity (Wildman–Crippen MR) is 63.2 cm³/mol. The van der Waals surface area contributed by atoms with Gasteiger partial charge in [-0.2, -0.15) is 0 Å². The second-order valence-corrected chi connectivity index (χ2v) is 4.19. The Labute approximate surface area is 104 Å². The first-order valence-corrected chi connectivity index (χ1v) is 5.52. The number of carbonyl (C=O) groups excluding carboxylic acids is 1.